The quantitative estimate of drug-likeness (QED) is 0.404. The van der Waals surface area contributed by atoms with Crippen molar-refractivity contribution >= 4 is 36.8 Å². The van der Waals surface area contributed by atoms with E-state index in [9.17, 15) is 14.2 Å². The first-order valence-corrected chi connectivity index (χ1v) is 11.8. The molecular formula is C18H26Cl2N3O8P. The van der Waals surface area contributed by atoms with Crippen LogP contribution in [0.4, 0.5) is 0 Å². The average Bonchev–Trinajstić information content (AvgIpc) is 2.98. The highest BCUT2D eigenvalue weighted by molar-refractivity contribution is 7.51. The largest absolute Gasteiger partial charge is 0.489 e. The van der Waals surface area contributed by atoms with Crippen molar-refractivity contribution in [3.05, 3.63) is 38.6 Å². The molecule has 0 aliphatic carbocycles. The van der Waals surface area contributed by atoms with Crippen LogP contribution in [0.25, 0.3) is 5.69 Å². The van der Waals surface area contributed by atoms with Crippen molar-refractivity contribution in [3.63, 3.8) is 0 Å². The lowest BCUT2D eigenvalue weighted by Crippen LogP contribution is -2.23. The van der Waals surface area contributed by atoms with E-state index in [4.69, 9.17) is 47.2 Å². The van der Waals surface area contributed by atoms with Gasteiger partial charge in [0.2, 0.25) is 5.89 Å². The zero-order valence-corrected chi connectivity index (χ0v) is 20.5. The molecule has 2 rings (SSSR count). The summed E-state index contributed by atoms with van der Waals surface area (Å²) in [7, 11) is -4.10. The number of carboxylic acid groups (broad SMARTS) is 1. The Morgan fingerprint density at radius 2 is 1.88 bits per heavy atom. The smallest absolute Gasteiger partial charge is 0.442 e. The maximum atomic E-state index is 12.1. The topological polar surface area (TPSA) is 164 Å². The highest BCUT2D eigenvalue weighted by atomic mass is 35.5. The summed E-state index contributed by atoms with van der Waals surface area (Å²) in [6.45, 7) is 9.03. The number of aromatic nitrogens is 2. The lowest BCUT2D eigenvalue weighted by molar-refractivity contribution is -0.135. The van der Waals surface area contributed by atoms with E-state index in [1.807, 2.05) is 34.6 Å². The van der Waals surface area contributed by atoms with Crippen LogP contribution in [0.5, 0.6) is 5.75 Å². The summed E-state index contributed by atoms with van der Waals surface area (Å²) < 4.78 is 22.0. The van der Waals surface area contributed by atoms with Crippen molar-refractivity contribution < 1.29 is 33.4 Å². The second-order valence-corrected chi connectivity index (χ2v) is 10.3. The van der Waals surface area contributed by atoms with Crippen molar-refractivity contribution in [1.29, 1.82) is 0 Å². The molecular weight excluding hydrogens is 488 g/mol. The van der Waals surface area contributed by atoms with Gasteiger partial charge in [-0.05, 0) is 19.9 Å². The van der Waals surface area contributed by atoms with E-state index in [2.05, 4.69) is 10.4 Å². The molecule has 0 aliphatic heterocycles. The third kappa shape index (κ3) is 9.32. The molecule has 0 radical (unpaired) electrons. The average molecular weight is 514 g/mol. The summed E-state index contributed by atoms with van der Waals surface area (Å²) in [5.74, 6) is -0.990. The van der Waals surface area contributed by atoms with E-state index in [0.717, 1.165) is 4.68 Å². The second-order valence-electron chi connectivity index (χ2n) is 7.88. The van der Waals surface area contributed by atoms with Crippen molar-refractivity contribution in [3.8, 4) is 11.4 Å². The molecule has 0 bridgehead atoms. The van der Waals surface area contributed by atoms with Crippen molar-refractivity contribution in [2.45, 2.75) is 46.1 Å². The van der Waals surface area contributed by atoms with Crippen molar-refractivity contribution in [1.82, 2.24) is 15.1 Å². The van der Waals surface area contributed by atoms with Crippen molar-refractivity contribution in [2.24, 2.45) is 0 Å². The molecule has 0 saturated heterocycles. The molecule has 0 aliphatic rings. The number of carboxylic acids is 1. The van der Waals surface area contributed by atoms with Gasteiger partial charge in [-0.3, -0.25) is 14.7 Å². The standard InChI is InChI=1S/C15H18Cl2N2O3.C3H8NO5P/c1-8(2)21-12-7-11(9(16)6-10(12)17)19-14(20)22-13(18-19)15(3,4)5;5-3(6)1-4-2-10(7,8)9/h6-8H,1-5H3;4H,1-2H2,(H,5,6)(H2,7,8,9). The van der Waals surface area contributed by atoms with E-state index in [-0.39, 0.29) is 16.5 Å². The van der Waals surface area contributed by atoms with Crippen LogP contribution in [0, 0.1) is 0 Å². The Labute approximate surface area is 194 Å². The third-order valence-corrected chi connectivity index (χ3v) is 4.61. The van der Waals surface area contributed by atoms with Crippen LogP contribution in [0.3, 0.4) is 0 Å². The van der Waals surface area contributed by atoms with Gasteiger partial charge in [0.05, 0.1) is 34.7 Å². The molecule has 0 fully saturated rings. The lowest BCUT2D eigenvalue weighted by Gasteiger charge is -2.13. The van der Waals surface area contributed by atoms with Gasteiger partial charge in [-0.1, -0.05) is 44.0 Å². The number of nitrogens with zero attached hydrogens (tertiary/aromatic N) is 2. The first-order valence-electron chi connectivity index (χ1n) is 9.25. The van der Waals surface area contributed by atoms with Crippen LogP contribution < -0.4 is 15.8 Å². The zero-order chi connectivity index (χ0) is 24.9. The Morgan fingerprint density at radius 3 is 2.31 bits per heavy atom. The van der Waals surface area contributed by atoms with Gasteiger partial charge in [-0.2, -0.15) is 4.68 Å². The minimum atomic E-state index is -4.10. The summed E-state index contributed by atoms with van der Waals surface area (Å²) >= 11 is 12.3. The fraction of sp³-hybridized carbons (Fsp3) is 0.500. The number of nitrogens with one attached hydrogen (secondary N) is 1. The molecule has 180 valence electrons. The van der Waals surface area contributed by atoms with E-state index in [0.29, 0.717) is 22.4 Å². The first kappa shape index (κ1) is 28.2. The molecule has 0 atom stereocenters. The fourth-order valence-corrected chi connectivity index (χ4v) is 2.98. The maximum Gasteiger partial charge on any atom is 0.442 e. The molecule has 2 aromatic rings. The van der Waals surface area contributed by atoms with Crippen LogP contribution in [0.1, 0.15) is 40.5 Å². The number of hydrogen-bond acceptors (Lipinski definition) is 7. The molecule has 1 aromatic carbocycles. The number of benzene rings is 1. The molecule has 1 aromatic heterocycles. The maximum absolute atomic E-state index is 12.1. The molecule has 0 unspecified atom stereocenters. The van der Waals surface area contributed by atoms with E-state index in [1.54, 1.807) is 6.07 Å². The highest BCUT2D eigenvalue weighted by Crippen LogP contribution is 2.33. The molecule has 0 spiro atoms. The van der Waals surface area contributed by atoms with Crippen LogP contribution in [0.2, 0.25) is 10.0 Å². The monoisotopic (exact) mass is 513 g/mol. The molecule has 14 heteroatoms. The van der Waals surface area contributed by atoms with E-state index >= 15 is 0 Å². The predicted octanol–water partition coefficient (Wildman–Crippen LogP) is 3.01. The summed E-state index contributed by atoms with van der Waals surface area (Å²) in [5, 5.41) is 14.9. The Kier molecular flexibility index (Phi) is 9.95. The summed E-state index contributed by atoms with van der Waals surface area (Å²) in [6.07, 6.45) is -0.662. The van der Waals surface area contributed by atoms with E-state index in [1.165, 1.54) is 6.07 Å². The number of aliphatic carboxylic acids is 1. The van der Waals surface area contributed by atoms with Gasteiger partial charge in [0.1, 0.15) is 5.75 Å². The number of ether oxygens (including phenoxy) is 1. The van der Waals surface area contributed by atoms with Crippen LogP contribution >= 0.6 is 30.8 Å². The highest BCUT2D eigenvalue weighted by Gasteiger charge is 2.24. The first-order chi connectivity index (χ1) is 14.5. The number of rotatable bonds is 7. The second kappa shape index (κ2) is 11.3. The number of carbonyl (C=O) groups is 1. The lowest BCUT2D eigenvalue weighted by atomic mass is 9.97. The molecule has 32 heavy (non-hydrogen) atoms. The van der Waals surface area contributed by atoms with Gasteiger partial charge in [-0.25, -0.2) is 4.79 Å². The van der Waals surface area contributed by atoms with Gasteiger partial charge < -0.3 is 24.0 Å². The van der Waals surface area contributed by atoms with Gasteiger partial charge in [0, 0.05) is 11.5 Å². The SMILES string of the molecule is CC(C)Oc1cc(-n2nc(C(C)(C)C)oc2=O)c(Cl)cc1Cl.O=C(O)CNCP(=O)(O)O. The number of halogens is 2. The van der Waals surface area contributed by atoms with Gasteiger partial charge >= 0.3 is 19.3 Å². The minimum Gasteiger partial charge on any atom is -0.489 e. The normalized spacial score (nSPS) is 11.8. The Balaban J connectivity index is 0.000000433. The molecule has 4 N–H and O–H groups in total. The summed E-state index contributed by atoms with van der Waals surface area (Å²) in [4.78, 5) is 38.2. The van der Waals surface area contributed by atoms with Gasteiger partial charge in [-0.15, -0.1) is 5.10 Å². The summed E-state index contributed by atoms with van der Waals surface area (Å²) in [6, 6.07) is 3.11. The third-order valence-electron chi connectivity index (χ3n) is 3.38. The van der Waals surface area contributed by atoms with Crippen LogP contribution in [-0.2, 0) is 14.8 Å². The predicted molar refractivity (Wildman–Crippen MR) is 119 cm³/mol. The van der Waals surface area contributed by atoms with Gasteiger partial charge in [0.15, 0.2) is 0 Å². The Bertz CT molecular complexity index is 1040. The Morgan fingerprint density at radius 1 is 1.28 bits per heavy atom. The molecule has 0 saturated carbocycles. The Hall–Kier alpha value is -1.88. The van der Waals surface area contributed by atoms with Crippen LogP contribution in [0.15, 0.2) is 21.3 Å². The van der Waals surface area contributed by atoms with E-state index < -0.39 is 32.2 Å². The minimum absolute atomic E-state index is 0.0642. The van der Waals surface area contributed by atoms with Crippen LogP contribution in [-0.4, -0.2) is 49.6 Å². The molecule has 0 amide bonds. The molecule has 1 heterocycles. The molecule has 11 nitrogen and oxygen atoms in total. The fourth-order valence-electron chi connectivity index (χ4n) is 2.07. The van der Waals surface area contributed by atoms with Crippen molar-refractivity contribution in [2.75, 3.05) is 12.8 Å². The van der Waals surface area contributed by atoms with Gasteiger partial charge in [0.25, 0.3) is 0 Å². The number of hydrogen-bond donors (Lipinski definition) is 4. The zero-order valence-electron chi connectivity index (χ0n) is 18.1. The summed E-state index contributed by atoms with van der Waals surface area (Å²) in [5.41, 5.74) is -0.0217.